The van der Waals surface area contributed by atoms with Crippen molar-refractivity contribution < 1.29 is 4.74 Å². The monoisotopic (exact) mass is 415 g/mol. The molecule has 0 aliphatic rings. The quantitative estimate of drug-likeness (QED) is 0.488. The summed E-state index contributed by atoms with van der Waals surface area (Å²) in [5, 5.41) is 4.20. The molecule has 0 fully saturated rings. The Bertz CT molecular complexity index is 852. The molecule has 0 spiro atoms. The van der Waals surface area contributed by atoms with Crippen molar-refractivity contribution in [3.63, 3.8) is 0 Å². The van der Waals surface area contributed by atoms with Gasteiger partial charge in [0.05, 0.1) is 4.47 Å². The van der Waals surface area contributed by atoms with Crippen LogP contribution in [0.3, 0.4) is 0 Å². The number of halogens is 2. The van der Waals surface area contributed by atoms with Crippen molar-refractivity contribution in [3.8, 4) is 5.75 Å². The second kappa shape index (κ2) is 8.41. The van der Waals surface area contributed by atoms with E-state index in [1.807, 2.05) is 49.4 Å². The lowest BCUT2D eigenvalue weighted by atomic mass is 10.1. The highest BCUT2D eigenvalue weighted by molar-refractivity contribution is 9.10. The summed E-state index contributed by atoms with van der Waals surface area (Å²) in [7, 11) is 0. The molecule has 3 aromatic rings. The van der Waals surface area contributed by atoms with Gasteiger partial charge in [0.25, 0.3) is 0 Å². The van der Waals surface area contributed by atoms with Crippen molar-refractivity contribution in [3.05, 3.63) is 92.9 Å². The van der Waals surface area contributed by atoms with E-state index in [1.165, 1.54) is 5.56 Å². The molecular weight excluding hydrogens is 398 g/mol. The molecule has 0 aliphatic heterocycles. The maximum Gasteiger partial charge on any atom is 0.134 e. The second-order valence-electron chi connectivity index (χ2n) is 5.80. The van der Waals surface area contributed by atoms with Crippen LogP contribution in [0.25, 0.3) is 0 Å². The van der Waals surface area contributed by atoms with E-state index in [1.54, 1.807) is 0 Å². The van der Waals surface area contributed by atoms with Crippen LogP contribution >= 0.6 is 27.5 Å². The molecule has 0 bridgehead atoms. The van der Waals surface area contributed by atoms with E-state index in [2.05, 4.69) is 45.5 Å². The Morgan fingerprint density at radius 1 is 0.960 bits per heavy atom. The summed E-state index contributed by atoms with van der Waals surface area (Å²) in [6, 6.07) is 22.2. The fourth-order valence-electron chi connectivity index (χ4n) is 2.50. The van der Waals surface area contributed by atoms with E-state index in [9.17, 15) is 0 Å². The molecule has 0 unspecified atom stereocenters. The van der Waals surface area contributed by atoms with Crippen LogP contribution in [0.4, 0.5) is 5.69 Å². The Morgan fingerprint density at radius 2 is 1.76 bits per heavy atom. The summed E-state index contributed by atoms with van der Waals surface area (Å²) < 4.78 is 6.84. The summed E-state index contributed by atoms with van der Waals surface area (Å²) in [6.45, 7) is 3.29. The number of benzene rings is 3. The highest BCUT2D eigenvalue weighted by atomic mass is 79.9. The van der Waals surface area contributed by atoms with Crippen molar-refractivity contribution >= 4 is 33.2 Å². The van der Waals surface area contributed by atoms with Gasteiger partial charge >= 0.3 is 0 Å². The zero-order valence-electron chi connectivity index (χ0n) is 13.9. The van der Waals surface area contributed by atoms with Crippen molar-refractivity contribution in [2.75, 3.05) is 5.32 Å². The van der Waals surface area contributed by atoms with Crippen LogP contribution < -0.4 is 10.1 Å². The molecule has 0 aromatic heterocycles. The van der Waals surface area contributed by atoms with Gasteiger partial charge in [-0.1, -0.05) is 54.1 Å². The van der Waals surface area contributed by atoms with Crippen LogP contribution in [0.2, 0.25) is 5.02 Å². The lowest BCUT2D eigenvalue weighted by molar-refractivity contribution is 0.304. The Balaban J connectivity index is 1.62. The lowest BCUT2D eigenvalue weighted by Gasteiger charge is -2.13. The van der Waals surface area contributed by atoms with Gasteiger partial charge in [0.2, 0.25) is 0 Å². The predicted octanol–water partition coefficient (Wildman–Crippen LogP) is 6.60. The third kappa shape index (κ3) is 4.77. The SMILES string of the molecule is Cc1c(Cl)cccc1NCc1ccc(OCc2ccccc2)c(Br)c1. The molecule has 0 saturated carbocycles. The fraction of sp³-hybridized carbons (Fsp3) is 0.143. The first kappa shape index (κ1) is 17.8. The van der Waals surface area contributed by atoms with Gasteiger partial charge in [0, 0.05) is 17.3 Å². The summed E-state index contributed by atoms with van der Waals surface area (Å²) in [5.74, 6) is 0.839. The summed E-state index contributed by atoms with van der Waals surface area (Å²) in [6.07, 6.45) is 0. The van der Waals surface area contributed by atoms with E-state index >= 15 is 0 Å². The Morgan fingerprint density at radius 3 is 2.52 bits per heavy atom. The normalized spacial score (nSPS) is 10.5. The van der Waals surface area contributed by atoms with Crippen molar-refractivity contribution in [2.24, 2.45) is 0 Å². The minimum absolute atomic E-state index is 0.554. The van der Waals surface area contributed by atoms with E-state index in [0.717, 1.165) is 38.6 Å². The van der Waals surface area contributed by atoms with Crippen molar-refractivity contribution in [2.45, 2.75) is 20.1 Å². The average Bonchev–Trinajstić information content (AvgIpc) is 2.63. The molecule has 0 atom stereocenters. The molecule has 0 radical (unpaired) electrons. The van der Waals surface area contributed by atoms with Crippen LogP contribution in [0, 0.1) is 6.92 Å². The van der Waals surface area contributed by atoms with Crippen LogP contribution in [0.15, 0.2) is 71.2 Å². The number of nitrogens with one attached hydrogen (secondary N) is 1. The van der Waals surface area contributed by atoms with Gasteiger partial charge in [-0.15, -0.1) is 0 Å². The van der Waals surface area contributed by atoms with Crippen LogP contribution in [0.1, 0.15) is 16.7 Å². The highest BCUT2D eigenvalue weighted by Gasteiger charge is 2.05. The molecule has 2 nitrogen and oxygen atoms in total. The first-order valence-electron chi connectivity index (χ1n) is 8.07. The average molecular weight is 417 g/mol. The highest BCUT2D eigenvalue weighted by Crippen LogP contribution is 2.28. The van der Waals surface area contributed by atoms with Gasteiger partial charge < -0.3 is 10.1 Å². The van der Waals surface area contributed by atoms with Gasteiger partial charge in [0.15, 0.2) is 0 Å². The lowest BCUT2D eigenvalue weighted by Crippen LogP contribution is -2.02. The van der Waals surface area contributed by atoms with Gasteiger partial charge in [-0.25, -0.2) is 0 Å². The molecule has 3 rings (SSSR count). The topological polar surface area (TPSA) is 21.3 Å². The van der Waals surface area contributed by atoms with Crippen molar-refractivity contribution in [1.29, 1.82) is 0 Å². The van der Waals surface area contributed by atoms with Crippen LogP contribution in [0.5, 0.6) is 5.75 Å². The summed E-state index contributed by atoms with van der Waals surface area (Å²) >= 11 is 9.76. The Kier molecular flexibility index (Phi) is 6.00. The van der Waals surface area contributed by atoms with Crippen molar-refractivity contribution in [1.82, 2.24) is 0 Å². The van der Waals surface area contributed by atoms with E-state index in [-0.39, 0.29) is 0 Å². The van der Waals surface area contributed by atoms with Crippen LogP contribution in [-0.2, 0) is 13.2 Å². The number of hydrogen-bond acceptors (Lipinski definition) is 2. The molecule has 0 aliphatic carbocycles. The van der Waals surface area contributed by atoms with Gasteiger partial charge in [0.1, 0.15) is 12.4 Å². The molecule has 0 saturated heterocycles. The summed E-state index contributed by atoms with van der Waals surface area (Å²) in [5.41, 5.74) is 4.42. The molecule has 0 heterocycles. The van der Waals surface area contributed by atoms with Gasteiger partial charge in [-0.3, -0.25) is 0 Å². The molecule has 0 amide bonds. The Labute approximate surface area is 161 Å². The molecule has 1 N–H and O–H groups in total. The number of rotatable bonds is 6. The summed E-state index contributed by atoms with van der Waals surface area (Å²) in [4.78, 5) is 0. The van der Waals surface area contributed by atoms with E-state index in [4.69, 9.17) is 16.3 Å². The van der Waals surface area contributed by atoms with E-state index < -0.39 is 0 Å². The minimum Gasteiger partial charge on any atom is -0.488 e. The number of ether oxygens (including phenoxy) is 1. The second-order valence-corrected chi connectivity index (χ2v) is 7.07. The first-order chi connectivity index (χ1) is 12.1. The van der Waals surface area contributed by atoms with Gasteiger partial charge in [-0.05, 0) is 63.8 Å². The standard InChI is InChI=1S/C21H19BrClNO/c1-15-19(23)8-5-9-20(15)24-13-17-10-11-21(18(22)12-17)25-14-16-6-3-2-4-7-16/h2-12,24H,13-14H2,1H3. The molecular formula is C21H19BrClNO. The first-order valence-corrected chi connectivity index (χ1v) is 9.25. The third-order valence-corrected chi connectivity index (χ3v) is 5.01. The number of hydrogen-bond donors (Lipinski definition) is 1. The van der Waals surface area contributed by atoms with Crippen LogP contribution in [-0.4, -0.2) is 0 Å². The van der Waals surface area contributed by atoms with Gasteiger partial charge in [-0.2, -0.15) is 0 Å². The Hall–Kier alpha value is -1.97. The molecule has 128 valence electrons. The minimum atomic E-state index is 0.554. The molecule has 4 heteroatoms. The smallest absolute Gasteiger partial charge is 0.134 e. The van der Waals surface area contributed by atoms with E-state index in [0.29, 0.717) is 6.61 Å². The zero-order valence-corrected chi connectivity index (χ0v) is 16.3. The third-order valence-electron chi connectivity index (χ3n) is 3.98. The maximum absolute atomic E-state index is 6.16. The largest absolute Gasteiger partial charge is 0.488 e. The fourth-order valence-corrected chi connectivity index (χ4v) is 3.22. The zero-order chi connectivity index (χ0) is 17.6. The maximum atomic E-state index is 6.16. The number of anilines is 1. The predicted molar refractivity (Wildman–Crippen MR) is 108 cm³/mol. The molecule has 25 heavy (non-hydrogen) atoms. The molecule has 3 aromatic carbocycles.